The van der Waals surface area contributed by atoms with Crippen LogP contribution in [0.2, 0.25) is 0 Å². The van der Waals surface area contributed by atoms with Crippen molar-refractivity contribution in [2.45, 2.75) is 58.2 Å². The number of carbonyl (C=O) groups excluding carboxylic acids is 1. The van der Waals surface area contributed by atoms with Gasteiger partial charge in [0.25, 0.3) is 0 Å². The molecule has 1 saturated carbocycles. The Morgan fingerprint density at radius 1 is 1.37 bits per heavy atom. The second-order valence-electron chi connectivity index (χ2n) is 5.58. The van der Waals surface area contributed by atoms with Crippen LogP contribution in [-0.2, 0) is 11.3 Å². The fraction of sp³-hybridized carbons (Fsp3) is 0.562. The van der Waals surface area contributed by atoms with E-state index in [1.54, 1.807) is 0 Å². The number of hydrogen-bond acceptors (Lipinski definition) is 2. The van der Waals surface area contributed by atoms with Gasteiger partial charge in [-0.15, -0.1) is 0 Å². The summed E-state index contributed by atoms with van der Waals surface area (Å²) < 4.78 is 0. The van der Waals surface area contributed by atoms with Crippen LogP contribution in [0.4, 0.5) is 0 Å². The van der Waals surface area contributed by atoms with Gasteiger partial charge in [0.15, 0.2) is 0 Å². The van der Waals surface area contributed by atoms with Crippen LogP contribution >= 0.6 is 0 Å². The summed E-state index contributed by atoms with van der Waals surface area (Å²) in [5.74, 6) is 0.116. The second kappa shape index (κ2) is 6.20. The van der Waals surface area contributed by atoms with Crippen LogP contribution in [0.25, 0.3) is 0 Å². The lowest BCUT2D eigenvalue weighted by molar-refractivity contribution is -0.134. The summed E-state index contributed by atoms with van der Waals surface area (Å²) in [4.78, 5) is 14.4. The first kappa shape index (κ1) is 14.1. The molecule has 1 aliphatic carbocycles. The molecule has 0 saturated heterocycles. The Kier molecular flexibility index (Phi) is 4.59. The Morgan fingerprint density at radius 2 is 2.00 bits per heavy atom. The van der Waals surface area contributed by atoms with Gasteiger partial charge < -0.3 is 10.6 Å². The van der Waals surface area contributed by atoms with Crippen molar-refractivity contribution in [3.05, 3.63) is 35.4 Å². The van der Waals surface area contributed by atoms with Crippen molar-refractivity contribution < 1.29 is 4.79 Å². The average Bonchev–Trinajstić information content (AvgIpc) is 3.22. The van der Waals surface area contributed by atoms with Crippen LogP contribution in [0.15, 0.2) is 24.3 Å². The molecule has 0 heterocycles. The molecule has 0 aromatic heterocycles. The van der Waals surface area contributed by atoms with Gasteiger partial charge in [-0.2, -0.15) is 0 Å². The highest BCUT2D eigenvalue weighted by Crippen LogP contribution is 2.29. The van der Waals surface area contributed by atoms with Crippen LogP contribution in [-0.4, -0.2) is 22.9 Å². The van der Waals surface area contributed by atoms with Crippen LogP contribution in [0.1, 0.15) is 43.7 Å². The maximum atomic E-state index is 12.4. The van der Waals surface area contributed by atoms with Crippen molar-refractivity contribution >= 4 is 5.91 Å². The van der Waals surface area contributed by atoms with E-state index >= 15 is 0 Å². The number of aryl methyl sites for hydroxylation is 1. The fourth-order valence-electron chi connectivity index (χ4n) is 2.31. The lowest BCUT2D eigenvalue weighted by Gasteiger charge is -2.25. The Bertz CT molecular complexity index is 423. The molecule has 2 rings (SSSR count). The number of rotatable bonds is 6. The molecule has 3 heteroatoms. The first-order valence-corrected chi connectivity index (χ1v) is 7.23. The molecule has 0 spiro atoms. The van der Waals surface area contributed by atoms with Gasteiger partial charge in [-0.05, 0) is 31.7 Å². The van der Waals surface area contributed by atoms with Crippen molar-refractivity contribution in [1.82, 2.24) is 4.90 Å². The van der Waals surface area contributed by atoms with E-state index in [9.17, 15) is 4.79 Å². The number of nitrogens with two attached hydrogens (primary N) is 1. The maximum Gasteiger partial charge on any atom is 0.240 e. The molecule has 1 aromatic carbocycles. The molecular weight excluding hydrogens is 236 g/mol. The van der Waals surface area contributed by atoms with Crippen LogP contribution < -0.4 is 5.73 Å². The third kappa shape index (κ3) is 3.80. The average molecular weight is 260 g/mol. The van der Waals surface area contributed by atoms with Gasteiger partial charge in [-0.1, -0.05) is 43.2 Å². The summed E-state index contributed by atoms with van der Waals surface area (Å²) in [7, 11) is 0. The second-order valence-corrected chi connectivity index (χ2v) is 5.58. The van der Waals surface area contributed by atoms with Crippen LogP contribution in [0.3, 0.4) is 0 Å². The number of carbonyl (C=O) groups is 1. The highest BCUT2D eigenvalue weighted by Gasteiger charge is 2.34. The predicted molar refractivity (Wildman–Crippen MR) is 77.6 cm³/mol. The zero-order valence-electron chi connectivity index (χ0n) is 11.9. The summed E-state index contributed by atoms with van der Waals surface area (Å²) in [5.41, 5.74) is 8.42. The van der Waals surface area contributed by atoms with Gasteiger partial charge in [0.2, 0.25) is 5.91 Å². The van der Waals surface area contributed by atoms with Crippen molar-refractivity contribution in [2.24, 2.45) is 5.73 Å². The normalized spacial score (nSPS) is 16.2. The lowest BCUT2D eigenvalue weighted by atomic mass is 10.1. The standard InChI is InChI=1S/C16H24N2O/c1-3-4-15(17)16(19)18(14-9-10-14)11-13-7-5-12(2)6-8-13/h5-8,14-15H,3-4,9-11,17H2,1-2H3/t15-/m1/s1. The first-order valence-electron chi connectivity index (χ1n) is 7.23. The van der Waals surface area contributed by atoms with Crippen LogP contribution in [0.5, 0.6) is 0 Å². The molecule has 0 bridgehead atoms. The number of amides is 1. The van der Waals surface area contributed by atoms with Crippen molar-refractivity contribution in [2.75, 3.05) is 0 Å². The smallest absolute Gasteiger partial charge is 0.240 e. The van der Waals surface area contributed by atoms with E-state index in [-0.39, 0.29) is 11.9 Å². The third-order valence-electron chi connectivity index (χ3n) is 3.66. The highest BCUT2D eigenvalue weighted by atomic mass is 16.2. The molecule has 1 aliphatic rings. The minimum absolute atomic E-state index is 0.116. The fourth-order valence-corrected chi connectivity index (χ4v) is 2.31. The Labute approximate surface area is 115 Å². The molecule has 0 aliphatic heterocycles. The van der Waals surface area contributed by atoms with E-state index in [1.165, 1.54) is 11.1 Å². The van der Waals surface area contributed by atoms with Crippen LogP contribution in [0, 0.1) is 6.92 Å². The molecule has 3 nitrogen and oxygen atoms in total. The number of hydrogen-bond donors (Lipinski definition) is 1. The molecule has 104 valence electrons. The summed E-state index contributed by atoms with van der Waals surface area (Å²) in [6, 6.07) is 8.47. The molecular formula is C16H24N2O. The van der Waals surface area contributed by atoms with Gasteiger partial charge in [0.05, 0.1) is 6.04 Å². The van der Waals surface area contributed by atoms with E-state index in [0.29, 0.717) is 12.6 Å². The predicted octanol–water partition coefficient (Wildman–Crippen LogP) is 2.61. The maximum absolute atomic E-state index is 12.4. The molecule has 1 fully saturated rings. The number of nitrogens with zero attached hydrogens (tertiary/aromatic N) is 1. The quantitative estimate of drug-likeness (QED) is 0.854. The monoisotopic (exact) mass is 260 g/mol. The van der Waals surface area contributed by atoms with E-state index in [0.717, 1.165) is 25.7 Å². The van der Waals surface area contributed by atoms with Gasteiger partial charge in [-0.3, -0.25) is 4.79 Å². The molecule has 2 N–H and O–H groups in total. The zero-order chi connectivity index (χ0) is 13.8. The summed E-state index contributed by atoms with van der Waals surface area (Å²) in [6.45, 7) is 4.83. The minimum Gasteiger partial charge on any atom is -0.334 e. The van der Waals surface area contributed by atoms with E-state index in [2.05, 4.69) is 38.1 Å². The van der Waals surface area contributed by atoms with Gasteiger partial charge in [-0.25, -0.2) is 0 Å². The highest BCUT2D eigenvalue weighted by molar-refractivity contribution is 5.82. The summed E-state index contributed by atoms with van der Waals surface area (Å²) >= 11 is 0. The van der Waals surface area contributed by atoms with Gasteiger partial charge in [0.1, 0.15) is 0 Å². The molecule has 0 radical (unpaired) electrons. The van der Waals surface area contributed by atoms with E-state index in [1.807, 2.05) is 4.90 Å². The molecule has 1 aromatic rings. The zero-order valence-corrected chi connectivity index (χ0v) is 11.9. The third-order valence-corrected chi connectivity index (χ3v) is 3.66. The number of benzene rings is 1. The Morgan fingerprint density at radius 3 is 2.53 bits per heavy atom. The van der Waals surface area contributed by atoms with Crippen molar-refractivity contribution in [3.63, 3.8) is 0 Å². The van der Waals surface area contributed by atoms with Gasteiger partial charge in [0, 0.05) is 12.6 Å². The molecule has 1 atom stereocenters. The molecule has 19 heavy (non-hydrogen) atoms. The summed E-state index contributed by atoms with van der Waals surface area (Å²) in [5, 5.41) is 0. The SMILES string of the molecule is CCC[C@@H](N)C(=O)N(Cc1ccc(C)cc1)C1CC1. The Balaban J connectivity index is 2.04. The Hall–Kier alpha value is -1.35. The lowest BCUT2D eigenvalue weighted by Crippen LogP contribution is -2.44. The molecule has 1 amide bonds. The topological polar surface area (TPSA) is 46.3 Å². The largest absolute Gasteiger partial charge is 0.334 e. The summed E-state index contributed by atoms with van der Waals surface area (Å²) in [6.07, 6.45) is 3.97. The van der Waals surface area contributed by atoms with Gasteiger partial charge >= 0.3 is 0 Å². The first-order chi connectivity index (χ1) is 9.11. The van der Waals surface area contributed by atoms with Crippen molar-refractivity contribution in [3.8, 4) is 0 Å². The minimum atomic E-state index is -0.337. The van der Waals surface area contributed by atoms with E-state index in [4.69, 9.17) is 5.73 Å². The molecule has 0 unspecified atom stereocenters. The van der Waals surface area contributed by atoms with E-state index < -0.39 is 0 Å². The van der Waals surface area contributed by atoms with Crippen molar-refractivity contribution in [1.29, 1.82) is 0 Å².